The van der Waals surface area contributed by atoms with E-state index in [2.05, 4.69) is 5.32 Å². The van der Waals surface area contributed by atoms with Gasteiger partial charge in [-0.25, -0.2) is 0 Å². The fraction of sp³-hybridized carbons (Fsp3) is 0.538. The molecule has 0 aliphatic heterocycles. The molecule has 0 radical (unpaired) electrons. The topological polar surface area (TPSA) is 32.3 Å². The molecule has 2 fully saturated rings. The first-order chi connectivity index (χ1) is 7.33. The Balaban J connectivity index is 1.71. The van der Waals surface area contributed by atoms with Gasteiger partial charge in [-0.05, 0) is 49.7 Å². The third-order valence-corrected chi connectivity index (χ3v) is 3.44. The van der Waals surface area contributed by atoms with Crippen LogP contribution in [0.5, 0.6) is 5.75 Å². The van der Waals surface area contributed by atoms with E-state index >= 15 is 0 Å². The minimum Gasteiger partial charge on any atom is -0.508 e. The minimum atomic E-state index is 0.352. The number of nitrogens with one attached hydrogen (secondary N) is 1. The van der Waals surface area contributed by atoms with Crippen LogP contribution >= 0.6 is 0 Å². The Morgan fingerprint density at radius 2 is 1.80 bits per heavy atom. The van der Waals surface area contributed by atoms with E-state index in [0.29, 0.717) is 11.8 Å². The van der Waals surface area contributed by atoms with Crippen molar-refractivity contribution >= 4 is 5.69 Å². The highest BCUT2D eigenvalue weighted by atomic mass is 16.3. The summed E-state index contributed by atoms with van der Waals surface area (Å²) in [5, 5.41) is 13.0. The van der Waals surface area contributed by atoms with Crippen molar-refractivity contribution in [2.24, 2.45) is 11.8 Å². The number of aromatic hydroxyl groups is 1. The van der Waals surface area contributed by atoms with Gasteiger partial charge in [0.2, 0.25) is 0 Å². The summed E-state index contributed by atoms with van der Waals surface area (Å²) in [6.45, 7) is 0. The van der Waals surface area contributed by atoms with E-state index in [0.717, 1.165) is 17.5 Å². The minimum absolute atomic E-state index is 0.352. The molecule has 3 rings (SSSR count). The summed E-state index contributed by atoms with van der Waals surface area (Å²) in [5.41, 5.74) is 1.07. The standard InChI is InChI=1S/C13H17NO/c15-12-3-1-2-11(8-12)14-13(9-4-5-9)10-6-7-10/h1-3,8-10,13-15H,4-7H2. The van der Waals surface area contributed by atoms with Gasteiger partial charge in [-0.3, -0.25) is 0 Å². The van der Waals surface area contributed by atoms with Crippen LogP contribution in [0.2, 0.25) is 0 Å². The number of hydrogen-bond acceptors (Lipinski definition) is 2. The van der Waals surface area contributed by atoms with E-state index in [4.69, 9.17) is 0 Å². The SMILES string of the molecule is Oc1cccc(NC(C2CC2)C2CC2)c1. The zero-order chi connectivity index (χ0) is 10.3. The molecule has 2 heteroatoms. The number of hydrogen-bond donors (Lipinski definition) is 2. The lowest BCUT2D eigenvalue weighted by molar-refractivity contribution is 0.475. The highest BCUT2D eigenvalue weighted by Gasteiger charge is 2.41. The quantitative estimate of drug-likeness (QED) is 0.788. The van der Waals surface area contributed by atoms with Crippen LogP contribution in [0.15, 0.2) is 24.3 Å². The lowest BCUT2D eigenvalue weighted by atomic mass is 10.1. The molecule has 0 aromatic heterocycles. The average Bonchev–Trinajstić information content (AvgIpc) is 3.07. The Hall–Kier alpha value is -1.18. The fourth-order valence-electron chi connectivity index (χ4n) is 2.32. The first-order valence-corrected chi connectivity index (χ1v) is 5.88. The molecule has 1 aromatic carbocycles. The molecule has 0 spiro atoms. The lowest BCUT2D eigenvalue weighted by Gasteiger charge is -2.19. The van der Waals surface area contributed by atoms with Gasteiger partial charge in [0.1, 0.15) is 5.75 Å². The molecule has 0 saturated heterocycles. The fourth-order valence-corrected chi connectivity index (χ4v) is 2.32. The maximum absolute atomic E-state index is 9.39. The Bertz CT molecular complexity index is 343. The molecule has 0 bridgehead atoms. The summed E-state index contributed by atoms with van der Waals surface area (Å²) in [6, 6.07) is 8.13. The second kappa shape index (κ2) is 3.44. The van der Waals surface area contributed by atoms with Gasteiger partial charge in [0, 0.05) is 17.8 Å². The van der Waals surface area contributed by atoms with Crippen LogP contribution < -0.4 is 5.32 Å². The third-order valence-electron chi connectivity index (χ3n) is 3.44. The number of benzene rings is 1. The van der Waals surface area contributed by atoms with Crippen molar-refractivity contribution in [1.29, 1.82) is 0 Å². The molecular weight excluding hydrogens is 186 g/mol. The van der Waals surface area contributed by atoms with Crippen molar-refractivity contribution in [3.05, 3.63) is 24.3 Å². The number of rotatable bonds is 4. The summed E-state index contributed by atoms with van der Waals surface area (Å²) in [5.74, 6) is 2.13. The van der Waals surface area contributed by atoms with Crippen molar-refractivity contribution in [3.63, 3.8) is 0 Å². The van der Waals surface area contributed by atoms with Gasteiger partial charge >= 0.3 is 0 Å². The van der Waals surface area contributed by atoms with Crippen LogP contribution in [0.1, 0.15) is 25.7 Å². The summed E-state index contributed by atoms with van der Waals surface area (Å²) in [7, 11) is 0. The molecule has 2 aliphatic rings. The van der Waals surface area contributed by atoms with Crippen molar-refractivity contribution in [2.75, 3.05) is 5.32 Å². The molecule has 2 nitrogen and oxygen atoms in total. The van der Waals surface area contributed by atoms with Gasteiger partial charge in [-0.2, -0.15) is 0 Å². The maximum atomic E-state index is 9.39. The average molecular weight is 203 g/mol. The van der Waals surface area contributed by atoms with E-state index in [1.54, 1.807) is 6.07 Å². The Morgan fingerprint density at radius 1 is 1.13 bits per heavy atom. The second-order valence-electron chi connectivity index (χ2n) is 4.90. The van der Waals surface area contributed by atoms with Crippen LogP contribution in [-0.4, -0.2) is 11.1 Å². The van der Waals surface area contributed by atoms with Gasteiger partial charge in [0.05, 0.1) is 0 Å². The Morgan fingerprint density at radius 3 is 2.33 bits per heavy atom. The molecule has 0 amide bonds. The first-order valence-electron chi connectivity index (χ1n) is 5.88. The van der Waals surface area contributed by atoms with E-state index < -0.39 is 0 Å². The Labute approximate surface area is 90.3 Å². The van der Waals surface area contributed by atoms with E-state index in [-0.39, 0.29) is 0 Å². The summed E-state index contributed by atoms with van der Waals surface area (Å²) >= 11 is 0. The number of anilines is 1. The molecule has 15 heavy (non-hydrogen) atoms. The van der Waals surface area contributed by atoms with Crippen molar-refractivity contribution in [2.45, 2.75) is 31.7 Å². The van der Waals surface area contributed by atoms with Gasteiger partial charge in [-0.15, -0.1) is 0 Å². The van der Waals surface area contributed by atoms with Gasteiger partial charge < -0.3 is 10.4 Å². The van der Waals surface area contributed by atoms with Crippen molar-refractivity contribution in [1.82, 2.24) is 0 Å². The Kier molecular flexibility index (Phi) is 2.08. The molecule has 80 valence electrons. The van der Waals surface area contributed by atoms with Gasteiger partial charge in [-0.1, -0.05) is 6.07 Å². The summed E-state index contributed by atoms with van der Waals surface area (Å²) in [4.78, 5) is 0. The summed E-state index contributed by atoms with van der Waals surface area (Å²) < 4.78 is 0. The van der Waals surface area contributed by atoms with Crippen molar-refractivity contribution < 1.29 is 5.11 Å². The maximum Gasteiger partial charge on any atom is 0.117 e. The molecule has 1 aromatic rings. The van der Waals surface area contributed by atoms with Crippen LogP contribution in [0.3, 0.4) is 0 Å². The predicted molar refractivity (Wildman–Crippen MR) is 61.0 cm³/mol. The highest BCUT2D eigenvalue weighted by molar-refractivity contribution is 5.49. The lowest BCUT2D eigenvalue weighted by Crippen LogP contribution is -2.24. The largest absolute Gasteiger partial charge is 0.508 e. The zero-order valence-electron chi connectivity index (χ0n) is 8.82. The third kappa shape index (κ3) is 2.09. The van der Waals surface area contributed by atoms with E-state index in [1.807, 2.05) is 18.2 Å². The predicted octanol–water partition coefficient (Wildman–Crippen LogP) is 2.99. The molecule has 0 heterocycles. The number of phenols is 1. The molecule has 2 saturated carbocycles. The van der Waals surface area contributed by atoms with Crippen LogP contribution in [0, 0.1) is 11.8 Å². The molecule has 2 N–H and O–H groups in total. The van der Waals surface area contributed by atoms with Gasteiger partial charge in [0.25, 0.3) is 0 Å². The molecule has 0 unspecified atom stereocenters. The molecule has 0 atom stereocenters. The monoisotopic (exact) mass is 203 g/mol. The molecular formula is C13H17NO. The molecule has 2 aliphatic carbocycles. The normalized spacial score (nSPS) is 20.6. The second-order valence-corrected chi connectivity index (χ2v) is 4.90. The first kappa shape index (κ1) is 9.08. The highest BCUT2D eigenvalue weighted by Crippen LogP contribution is 2.45. The van der Waals surface area contributed by atoms with Crippen molar-refractivity contribution in [3.8, 4) is 5.75 Å². The van der Waals surface area contributed by atoms with Crippen LogP contribution in [-0.2, 0) is 0 Å². The van der Waals surface area contributed by atoms with E-state index in [9.17, 15) is 5.11 Å². The van der Waals surface area contributed by atoms with Crippen LogP contribution in [0.4, 0.5) is 5.69 Å². The number of phenolic OH excluding ortho intramolecular Hbond substituents is 1. The zero-order valence-corrected chi connectivity index (χ0v) is 8.82. The van der Waals surface area contributed by atoms with Gasteiger partial charge in [0.15, 0.2) is 0 Å². The summed E-state index contributed by atoms with van der Waals surface area (Å²) in [6.07, 6.45) is 5.53. The van der Waals surface area contributed by atoms with E-state index in [1.165, 1.54) is 25.7 Å². The van der Waals surface area contributed by atoms with Crippen LogP contribution in [0.25, 0.3) is 0 Å². The smallest absolute Gasteiger partial charge is 0.117 e.